The number of hydrogen-bond donors (Lipinski definition) is 1. The van der Waals surface area contributed by atoms with Gasteiger partial charge in [0, 0.05) is 13.1 Å². The molecule has 0 bridgehead atoms. The Morgan fingerprint density at radius 1 is 1.15 bits per heavy atom. The number of hydrogen-bond acceptors (Lipinski definition) is 5. The third kappa shape index (κ3) is 4.12. The van der Waals surface area contributed by atoms with Crippen LogP contribution in [0.15, 0.2) is 24.3 Å². The van der Waals surface area contributed by atoms with Crippen molar-refractivity contribution < 1.29 is 9.53 Å². The molecule has 0 saturated carbocycles. The molecule has 26 heavy (non-hydrogen) atoms. The lowest BCUT2D eigenvalue weighted by Gasteiger charge is -2.25. The molecular weight excluding hydrogens is 328 g/mol. The van der Waals surface area contributed by atoms with Crippen molar-refractivity contribution in [3.63, 3.8) is 0 Å². The molecule has 1 atom stereocenters. The molecular formula is C20H28N4O2. The summed E-state index contributed by atoms with van der Waals surface area (Å²) < 4.78 is 6.21. The van der Waals surface area contributed by atoms with Gasteiger partial charge in [0.15, 0.2) is 0 Å². The van der Waals surface area contributed by atoms with Gasteiger partial charge in [0.2, 0.25) is 5.95 Å². The molecule has 0 radical (unpaired) electrons. The smallest absolute Gasteiger partial charge is 0.257 e. The van der Waals surface area contributed by atoms with Gasteiger partial charge < -0.3 is 15.4 Å². The summed E-state index contributed by atoms with van der Waals surface area (Å²) in [6.45, 7) is 10.9. The number of ether oxygens (including phenoxy) is 1. The summed E-state index contributed by atoms with van der Waals surface area (Å²) in [5.41, 5.74) is 8.53. The molecule has 1 heterocycles. The van der Waals surface area contributed by atoms with Crippen LogP contribution in [-0.4, -0.2) is 33.9 Å². The molecule has 1 aromatic heterocycles. The summed E-state index contributed by atoms with van der Waals surface area (Å²) in [5.74, 6) is 0.838. The zero-order valence-electron chi connectivity index (χ0n) is 16.2. The molecule has 0 spiro atoms. The van der Waals surface area contributed by atoms with Gasteiger partial charge in [-0.15, -0.1) is 0 Å². The maximum Gasteiger partial charge on any atom is 0.257 e. The minimum Gasteiger partial charge on any atom is -0.484 e. The molecule has 0 aliphatic carbocycles. The van der Waals surface area contributed by atoms with Crippen molar-refractivity contribution in [2.24, 2.45) is 0 Å². The van der Waals surface area contributed by atoms with Crippen LogP contribution in [0.1, 0.15) is 60.6 Å². The van der Waals surface area contributed by atoms with E-state index in [0.29, 0.717) is 36.5 Å². The van der Waals surface area contributed by atoms with Crippen molar-refractivity contribution in [1.29, 1.82) is 0 Å². The van der Waals surface area contributed by atoms with Crippen molar-refractivity contribution in [2.45, 2.75) is 47.1 Å². The van der Waals surface area contributed by atoms with Gasteiger partial charge in [-0.05, 0) is 45.7 Å². The van der Waals surface area contributed by atoms with Crippen LogP contribution in [0.4, 0.5) is 5.95 Å². The third-order valence-corrected chi connectivity index (χ3v) is 4.44. The first-order chi connectivity index (χ1) is 12.4. The van der Waals surface area contributed by atoms with Crippen LogP contribution in [0.25, 0.3) is 0 Å². The number of carbonyl (C=O) groups is 1. The van der Waals surface area contributed by atoms with Crippen molar-refractivity contribution in [2.75, 3.05) is 18.8 Å². The van der Waals surface area contributed by atoms with Gasteiger partial charge in [-0.3, -0.25) is 4.79 Å². The summed E-state index contributed by atoms with van der Waals surface area (Å²) in [6.07, 6.45) is 0.276. The fraction of sp³-hybridized carbons (Fsp3) is 0.450. The monoisotopic (exact) mass is 356 g/mol. The van der Waals surface area contributed by atoms with Gasteiger partial charge in [-0.25, -0.2) is 9.97 Å². The number of rotatable bonds is 7. The molecule has 140 valence electrons. The molecule has 0 aliphatic rings. The van der Waals surface area contributed by atoms with E-state index < -0.39 is 0 Å². The number of carbonyl (C=O) groups excluding carboxylic acids is 1. The average Bonchev–Trinajstić information content (AvgIpc) is 2.61. The molecule has 2 aromatic rings. The first-order valence-corrected chi connectivity index (χ1v) is 9.08. The van der Waals surface area contributed by atoms with E-state index in [9.17, 15) is 4.79 Å². The zero-order valence-corrected chi connectivity index (χ0v) is 16.2. The van der Waals surface area contributed by atoms with E-state index >= 15 is 0 Å². The number of anilines is 1. The molecule has 0 fully saturated rings. The summed E-state index contributed by atoms with van der Waals surface area (Å²) in [6, 6.07) is 7.80. The van der Waals surface area contributed by atoms with E-state index in [1.54, 1.807) is 11.8 Å². The first kappa shape index (κ1) is 19.7. The number of amides is 1. The second kappa shape index (κ2) is 8.65. The molecule has 1 unspecified atom stereocenters. The number of nitrogens with zero attached hydrogens (tertiary/aromatic N) is 3. The number of nitrogens with two attached hydrogens (primary N) is 1. The van der Waals surface area contributed by atoms with Gasteiger partial charge in [0.05, 0.1) is 17.0 Å². The summed E-state index contributed by atoms with van der Waals surface area (Å²) in [5, 5.41) is 0. The van der Waals surface area contributed by atoms with Gasteiger partial charge in [-0.1, -0.05) is 25.1 Å². The highest BCUT2D eigenvalue weighted by molar-refractivity contribution is 5.96. The molecule has 6 heteroatoms. The third-order valence-electron chi connectivity index (χ3n) is 4.44. The fourth-order valence-corrected chi connectivity index (χ4v) is 2.96. The normalized spacial score (nSPS) is 11.9. The van der Waals surface area contributed by atoms with E-state index in [0.717, 1.165) is 11.3 Å². The lowest BCUT2D eigenvalue weighted by atomic mass is 10.0. The number of benzene rings is 1. The predicted octanol–water partition coefficient (Wildman–Crippen LogP) is 3.69. The second-order valence-electron chi connectivity index (χ2n) is 6.19. The van der Waals surface area contributed by atoms with Gasteiger partial charge >= 0.3 is 0 Å². The van der Waals surface area contributed by atoms with E-state index in [4.69, 9.17) is 10.5 Å². The van der Waals surface area contributed by atoms with Gasteiger partial charge in [0.25, 0.3) is 5.91 Å². The standard InChI is InChI=1S/C20H28N4O2/c1-6-15(26-16-12-10-9-11-13(16)4)18-17(14(5)22-20(21)23-18)19(25)24(7-2)8-3/h9-12,15H,6-8H2,1-5H3,(H2,21,22,23). The largest absolute Gasteiger partial charge is 0.484 e. The lowest BCUT2D eigenvalue weighted by molar-refractivity contribution is 0.0764. The molecule has 2 N–H and O–H groups in total. The SMILES string of the molecule is CCC(Oc1ccccc1C)c1nc(N)nc(C)c1C(=O)N(CC)CC. The number of para-hydroxylation sites is 1. The van der Waals surface area contributed by atoms with Crippen LogP contribution >= 0.6 is 0 Å². The topological polar surface area (TPSA) is 81.3 Å². The maximum atomic E-state index is 13.0. The molecule has 1 amide bonds. The molecule has 6 nitrogen and oxygen atoms in total. The van der Waals surface area contributed by atoms with E-state index in [1.165, 1.54) is 0 Å². The summed E-state index contributed by atoms with van der Waals surface area (Å²) >= 11 is 0. The Morgan fingerprint density at radius 3 is 2.38 bits per heavy atom. The summed E-state index contributed by atoms with van der Waals surface area (Å²) in [4.78, 5) is 23.4. The Kier molecular flexibility index (Phi) is 6.55. The van der Waals surface area contributed by atoms with Crippen molar-refractivity contribution in [1.82, 2.24) is 14.9 Å². The Morgan fingerprint density at radius 2 is 1.81 bits per heavy atom. The minimum atomic E-state index is -0.380. The van der Waals surface area contributed by atoms with Gasteiger partial charge in [-0.2, -0.15) is 0 Å². The Balaban J connectivity index is 2.52. The fourth-order valence-electron chi connectivity index (χ4n) is 2.96. The average molecular weight is 356 g/mol. The number of aryl methyl sites for hydroxylation is 2. The number of nitrogen functional groups attached to an aromatic ring is 1. The van der Waals surface area contributed by atoms with E-state index in [2.05, 4.69) is 9.97 Å². The van der Waals surface area contributed by atoms with E-state index in [-0.39, 0.29) is 18.0 Å². The van der Waals surface area contributed by atoms with E-state index in [1.807, 2.05) is 52.0 Å². The molecule has 1 aromatic carbocycles. The van der Waals surface area contributed by atoms with Crippen LogP contribution in [-0.2, 0) is 0 Å². The van der Waals surface area contributed by atoms with Gasteiger partial charge in [0.1, 0.15) is 11.9 Å². The molecule has 2 rings (SSSR count). The van der Waals surface area contributed by atoms with Crippen molar-refractivity contribution >= 4 is 11.9 Å². The highest BCUT2D eigenvalue weighted by Gasteiger charge is 2.27. The summed E-state index contributed by atoms with van der Waals surface area (Å²) in [7, 11) is 0. The van der Waals surface area contributed by atoms with Crippen LogP contribution in [0, 0.1) is 13.8 Å². The Hall–Kier alpha value is -2.63. The quantitative estimate of drug-likeness (QED) is 0.818. The lowest BCUT2D eigenvalue weighted by Crippen LogP contribution is -2.33. The van der Waals surface area contributed by atoms with Crippen LogP contribution in [0.3, 0.4) is 0 Å². The number of aromatic nitrogens is 2. The zero-order chi connectivity index (χ0) is 19.3. The Labute approximate surface area is 155 Å². The molecule has 0 saturated heterocycles. The van der Waals surface area contributed by atoms with Crippen LogP contribution < -0.4 is 10.5 Å². The maximum absolute atomic E-state index is 13.0. The van der Waals surface area contributed by atoms with Crippen molar-refractivity contribution in [3.05, 3.63) is 46.8 Å². The highest BCUT2D eigenvalue weighted by Crippen LogP contribution is 2.30. The van der Waals surface area contributed by atoms with Crippen LogP contribution in [0.5, 0.6) is 5.75 Å². The molecule has 0 aliphatic heterocycles. The van der Waals surface area contributed by atoms with Crippen molar-refractivity contribution in [3.8, 4) is 5.75 Å². The second-order valence-corrected chi connectivity index (χ2v) is 6.19. The predicted molar refractivity (Wildman–Crippen MR) is 103 cm³/mol. The Bertz CT molecular complexity index is 772. The van der Waals surface area contributed by atoms with Crippen LogP contribution in [0.2, 0.25) is 0 Å². The first-order valence-electron chi connectivity index (χ1n) is 9.08. The minimum absolute atomic E-state index is 0.0886. The highest BCUT2D eigenvalue weighted by atomic mass is 16.5.